The van der Waals surface area contributed by atoms with Crippen molar-refractivity contribution in [2.45, 2.75) is 37.3 Å². The van der Waals surface area contributed by atoms with Gasteiger partial charge in [-0.25, -0.2) is 0 Å². The summed E-state index contributed by atoms with van der Waals surface area (Å²) in [6, 6.07) is 4.18. The van der Waals surface area contributed by atoms with Gasteiger partial charge in [-0.3, -0.25) is 11.3 Å². The molecule has 0 amide bonds. The number of rotatable bonds is 3. The molecule has 20 heavy (non-hydrogen) atoms. The molecule has 3 heterocycles. The monoisotopic (exact) mass is 316 g/mol. The van der Waals surface area contributed by atoms with E-state index in [1.807, 2.05) is 6.07 Å². The number of halogens is 1. The Morgan fingerprint density at radius 1 is 1.35 bits per heavy atom. The van der Waals surface area contributed by atoms with Crippen LogP contribution in [-0.4, -0.2) is 25.4 Å². The summed E-state index contributed by atoms with van der Waals surface area (Å²) < 4.78 is 12.4. The van der Waals surface area contributed by atoms with Gasteiger partial charge in [0.1, 0.15) is 0 Å². The van der Waals surface area contributed by atoms with E-state index >= 15 is 0 Å². The van der Waals surface area contributed by atoms with Crippen molar-refractivity contribution in [1.82, 2.24) is 5.43 Å². The minimum atomic E-state index is -0.00266. The van der Waals surface area contributed by atoms with E-state index in [1.54, 1.807) is 11.3 Å². The molecule has 2 saturated heterocycles. The lowest BCUT2D eigenvalue weighted by Crippen LogP contribution is -2.47. The number of hydrogen-bond donors (Lipinski definition) is 2. The van der Waals surface area contributed by atoms with Crippen molar-refractivity contribution in [1.29, 1.82) is 0 Å². The Kier molecular flexibility index (Phi) is 4.65. The largest absolute Gasteiger partial charge is 0.381 e. The first kappa shape index (κ1) is 14.8. The van der Waals surface area contributed by atoms with Crippen molar-refractivity contribution in [2.75, 3.05) is 19.8 Å². The minimum absolute atomic E-state index is 0.00266. The van der Waals surface area contributed by atoms with Crippen molar-refractivity contribution >= 4 is 22.9 Å². The van der Waals surface area contributed by atoms with Crippen LogP contribution in [0.4, 0.5) is 0 Å². The fourth-order valence-electron chi connectivity index (χ4n) is 3.39. The van der Waals surface area contributed by atoms with Crippen LogP contribution in [0.5, 0.6) is 0 Å². The first-order valence-corrected chi connectivity index (χ1v) is 8.35. The van der Waals surface area contributed by atoms with Gasteiger partial charge in [-0.05, 0) is 43.7 Å². The molecule has 4 nitrogen and oxygen atoms in total. The van der Waals surface area contributed by atoms with Gasteiger partial charge in [0, 0.05) is 24.7 Å². The molecule has 2 fully saturated rings. The standard InChI is InChI=1S/C14H21ClN2O2S/c15-12-2-1-11(20-12)13(17-16)10-3-6-19-14(9-10)4-7-18-8-5-14/h1-2,10,13,17H,3-9,16H2. The van der Waals surface area contributed by atoms with Gasteiger partial charge in [-0.2, -0.15) is 0 Å². The van der Waals surface area contributed by atoms with E-state index in [4.69, 9.17) is 26.9 Å². The highest BCUT2D eigenvalue weighted by atomic mass is 35.5. The third kappa shape index (κ3) is 3.03. The van der Waals surface area contributed by atoms with Gasteiger partial charge < -0.3 is 9.47 Å². The fraction of sp³-hybridized carbons (Fsp3) is 0.714. The molecule has 2 aliphatic heterocycles. The second-order valence-electron chi connectivity index (χ2n) is 5.68. The summed E-state index contributed by atoms with van der Waals surface area (Å²) in [5.74, 6) is 6.30. The minimum Gasteiger partial charge on any atom is -0.381 e. The topological polar surface area (TPSA) is 56.5 Å². The zero-order valence-corrected chi connectivity index (χ0v) is 13.0. The number of thiophene rings is 1. The number of ether oxygens (including phenoxy) is 2. The van der Waals surface area contributed by atoms with Crippen molar-refractivity contribution < 1.29 is 9.47 Å². The predicted molar refractivity (Wildman–Crippen MR) is 80.9 cm³/mol. The zero-order chi connectivity index (χ0) is 14.0. The van der Waals surface area contributed by atoms with E-state index in [9.17, 15) is 0 Å². The first-order valence-electron chi connectivity index (χ1n) is 7.15. The maximum Gasteiger partial charge on any atom is 0.0931 e. The molecule has 1 aromatic rings. The third-order valence-corrected chi connectivity index (χ3v) is 5.80. The maximum atomic E-state index is 6.10. The molecular weight excluding hydrogens is 296 g/mol. The van der Waals surface area contributed by atoms with Gasteiger partial charge in [0.15, 0.2) is 0 Å². The number of hydrogen-bond acceptors (Lipinski definition) is 5. The van der Waals surface area contributed by atoms with Crippen LogP contribution < -0.4 is 11.3 Å². The second kappa shape index (κ2) is 6.30. The molecule has 112 valence electrons. The van der Waals surface area contributed by atoms with Crippen LogP contribution in [0.25, 0.3) is 0 Å². The number of hydrazine groups is 1. The average Bonchev–Trinajstić information content (AvgIpc) is 2.87. The Bertz CT molecular complexity index is 443. The summed E-state index contributed by atoms with van der Waals surface area (Å²) >= 11 is 7.66. The average molecular weight is 317 g/mol. The van der Waals surface area contributed by atoms with Crippen LogP contribution in [0.2, 0.25) is 4.34 Å². The fourth-order valence-corrected chi connectivity index (χ4v) is 4.60. The quantitative estimate of drug-likeness (QED) is 0.665. The normalized spacial score (nSPS) is 27.6. The van der Waals surface area contributed by atoms with Crippen LogP contribution in [0.15, 0.2) is 12.1 Å². The molecule has 3 N–H and O–H groups in total. The third-order valence-electron chi connectivity index (χ3n) is 4.49. The van der Waals surface area contributed by atoms with Gasteiger partial charge in [-0.15, -0.1) is 11.3 Å². The molecule has 0 bridgehead atoms. The van der Waals surface area contributed by atoms with Crippen LogP contribution in [-0.2, 0) is 9.47 Å². The van der Waals surface area contributed by atoms with Gasteiger partial charge in [0.05, 0.1) is 16.0 Å². The maximum absolute atomic E-state index is 6.10. The van der Waals surface area contributed by atoms with Crippen molar-refractivity contribution in [3.8, 4) is 0 Å². The van der Waals surface area contributed by atoms with Crippen molar-refractivity contribution in [3.63, 3.8) is 0 Å². The summed E-state index contributed by atoms with van der Waals surface area (Å²) in [5, 5.41) is 0. The van der Waals surface area contributed by atoms with E-state index in [0.29, 0.717) is 5.92 Å². The summed E-state index contributed by atoms with van der Waals surface area (Å²) in [4.78, 5) is 1.21. The summed E-state index contributed by atoms with van der Waals surface area (Å²) in [7, 11) is 0. The zero-order valence-electron chi connectivity index (χ0n) is 11.4. The Labute approximate surface area is 128 Å². The Hall–Kier alpha value is -0.170. The molecular formula is C14H21ClN2O2S. The highest BCUT2D eigenvalue weighted by molar-refractivity contribution is 7.16. The van der Waals surface area contributed by atoms with E-state index in [1.165, 1.54) is 4.88 Å². The van der Waals surface area contributed by atoms with E-state index in [0.717, 1.165) is 49.8 Å². The van der Waals surface area contributed by atoms with Crippen LogP contribution in [0.3, 0.4) is 0 Å². The predicted octanol–water partition coefficient (Wildman–Crippen LogP) is 2.88. The lowest BCUT2D eigenvalue weighted by atomic mass is 9.77. The van der Waals surface area contributed by atoms with E-state index in [2.05, 4.69) is 11.5 Å². The summed E-state index contributed by atoms with van der Waals surface area (Å²) in [6.07, 6.45) is 4.06. The SMILES string of the molecule is NNC(c1ccc(Cl)s1)C1CCOC2(CCOCC2)C1. The van der Waals surface area contributed by atoms with E-state index in [-0.39, 0.29) is 11.6 Å². The highest BCUT2D eigenvalue weighted by Gasteiger charge is 2.41. The van der Waals surface area contributed by atoms with Crippen LogP contribution in [0, 0.1) is 5.92 Å². The van der Waals surface area contributed by atoms with Gasteiger partial charge in [0.2, 0.25) is 0 Å². The molecule has 6 heteroatoms. The summed E-state index contributed by atoms with van der Waals surface area (Å²) in [5.41, 5.74) is 2.99. The van der Waals surface area contributed by atoms with Crippen molar-refractivity contribution in [2.24, 2.45) is 11.8 Å². The number of nitrogens with one attached hydrogen (secondary N) is 1. The van der Waals surface area contributed by atoms with Crippen LogP contribution >= 0.6 is 22.9 Å². The van der Waals surface area contributed by atoms with Crippen molar-refractivity contribution in [3.05, 3.63) is 21.3 Å². The molecule has 0 radical (unpaired) electrons. The molecule has 2 aliphatic rings. The van der Waals surface area contributed by atoms with Gasteiger partial charge in [-0.1, -0.05) is 11.6 Å². The first-order chi connectivity index (χ1) is 9.72. The van der Waals surface area contributed by atoms with Crippen LogP contribution in [0.1, 0.15) is 36.6 Å². The molecule has 3 rings (SSSR count). The molecule has 1 spiro atoms. The molecule has 0 aromatic carbocycles. The second-order valence-corrected chi connectivity index (χ2v) is 7.43. The Morgan fingerprint density at radius 2 is 2.15 bits per heavy atom. The molecule has 2 atom stereocenters. The molecule has 0 aliphatic carbocycles. The Balaban J connectivity index is 1.74. The molecule has 0 saturated carbocycles. The lowest BCUT2D eigenvalue weighted by Gasteiger charge is -2.45. The lowest BCUT2D eigenvalue weighted by molar-refractivity contribution is -0.150. The Morgan fingerprint density at radius 3 is 2.80 bits per heavy atom. The van der Waals surface area contributed by atoms with Gasteiger partial charge >= 0.3 is 0 Å². The highest BCUT2D eigenvalue weighted by Crippen LogP contribution is 2.43. The molecule has 1 aromatic heterocycles. The smallest absolute Gasteiger partial charge is 0.0931 e. The van der Waals surface area contributed by atoms with Gasteiger partial charge in [0.25, 0.3) is 0 Å². The molecule has 2 unspecified atom stereocenters. The summed E-state index contributed by atoms with van der Waals surface area (Å²) in [6.45, 7) is 2.42. The number of nitrogens with two attached hydrogens (primary N) is 1. The van der Waals surface area contributed by atoms with E-state index < -0.39 is 0 Å².